The molecule has 0 aliphatic carbocycles. The summed E-state index contributed by atoms with van der Waals surface area (Å²) in [5.41, 5.74) is 6.96. The fourth-order valence-electron chi connectivity index (χ4n) is 2.86. The fraction of sp³-hybridized carbons (Fsp3) is 0.176. The van der Waals surface area contributed by atoms with Gasteiger partial charge in [0.1, 0.15) is 17.8 Å². The maximum atomic E-state index is 11.0. The van der Waals surface area contributed by atoms with E-state index in [4.69, 9.17) is 5.73 Å². The average Bonchev–Trinajstić information content (AvgIpc) is 2.97. The van der Waals surface area contributed by atoms with Gasteiger partial charge in [0.15, 0.2) is 0 Å². The lowest BCUT2D eigenvalue weighted by molar-refractivity contribution is 0.0971. The third-order valence-corrected chi connectivity index (χ3v) is 4.22. The van der Waals surface area contributed by atoms with Crippen LogP contribution in [0.15, 0.2) is 43.1 Å². The summed E-state index contributed by atoms with van der Waals surface area (Å²) >= 11 is 0. The van der Waals surface area contributed by atoms with E-state index < -0.39 is 5.60 Å². The van der Waals surface area contributed by atoms with E-state index in [9.17, 15) is 5.11 Å². The first-order chi connectivity index (χ1) is 12.5. The predicted octanol–water partition coefficient (Wildman–Crippen LogP) is 1.15. The van der Waals surface area contributed by atoms with Crippen LogP contribution >= 0.6 is 0 Å². The third-order valence-electron chi connectivity index (χ3n) is 4.22. The first-order valence-electron chi connectivity index (χ1n) is 7.90. The molecule has 0 radical (unpaired) electrons. The van der Waals surface area contributed by atoms with Gasteiger partial charge in [-0.15, -0.1) is 0 Å². The molecule has 130 valence electrons. The minimum absolute atomic E-state index is 0.124. The summed E-state index contributed by atoms with van der Waals surface area (Å²) in [5.74, 6) is 1.19. The highest BCUT2D eigenvalue weighted by Crippen LogP contribution is 2.30. The van der Waals surface area contributed by atoms with Gasteiger partial charge < -0.3 is 10.8 Å². The summed E-state index contributed by atoms with van der Waals surface area (Å²) in [6.45, 7) is 3.52. The molecule has 0 saturated carbocycles. The van der Waals surface area contributed by atoms with E-state index >= 15 is 0 Å². The van der Waals surface area contributed by atoms with E-state index in [2.05, 4.69) is 29.9 Å². The van der Waals surface area contributed by atoms with Crippen molar-refractivity contribution >= 4 is 17.0 Å². The van der Waals surface area contributed by atoms with Crippen LogP contribution in [-0.4, -0.2) is 39.6 Å². The summed E-state index contributed by atoms with van der Waals surface area (Å²) in [5, 5.41) is 11.0. The second-order valence-corrected chi connectivity index (χ2v) is 6.00. The molecule has 0 aliphatic rings. The van der Waals surface area contributed by atoms with E-state index in [0.717, 1.165) is 11.0 Å². The molecule has 0 amide bonds. The Morgan fingerprint density at radius 2 is 1.96 bits per heavy atom. The molecule has 0 aliphatic heterocycles. The van der Waals surface area contributed by atoms with Crippen molar-refractivity contribution < 1.29 is 5.11 Å². The molecule has 1 aromatic carbocycles. The van der Waals surface area contributed by atoms with Crippen molar-refractivity contribution in [1.82, 2.24) is 34.5 Å². The van der Waals surface area contributed by atoms with Crippen LogP contribution in [0.3, 0.4) is 0 Å². The monoisotopic (exact) mass is 348 g/mol. The fourth-order valence-corrected chi connectivity index (χ4v) is 2.86. The van der Waals surface area contributed by atoms with Gasteiger partial charge in [0.25, 0.3) is 0 Å². The van der Waals surface area contributed by atoms with Gasteiger partial charge in [-0.25, -0.2) is 15.0 Å². The minimum atomic E-state index is -1.32. The van der Waals surface area contributed by atoms with Crippen LogP contribution in [0.4, 0.5) is 5.95 Å². The molecule has 9 heteroatoms. The Morgan fingerprint density at radius 1 is 1.12 bits per heavy atom. The topological polar surface area (TPSA) is 129 Å². The van der Waals surface area contributed by atoms with Crippen molar-refractivity contribution in [2.75, 3.05) is 5.73 Å². The highest BCUT2D eigenvalue weighted by molar-refractivity contribution is 5.79. The van der Waals surface area contributed by atoms with Crippen LogP contribution in [0.2, 0.25) is 0 Å². The zero-order chi connectivity index (χ0) is 18.3. The van der Waals surface area contributed by atoms with Crippen molar-refractivity contribution in [2.45, 2.75) is 19.4 Å². The molecule has 26 heavy (non-hydrogen) atoms. The molecule has 3 heterocycles. The number of fused-ring (bicyclic) bond motifs is 1. The highest BCUT2D eigenvalue weighted by Gasteiger charge is 2.28. The molecule has 4 aromatic rings. The lowest BCUT2D eigenvalue weighted by Gasteiger charge is -2.23. The Balaban J connectivity index is 1.91. The van der Waals surface area contributed by atoms with Gasteiger partial charge in [-0.05, 0) is 31.5 Å². The molecule has 0 spiro atoms. The number of nitrogens with two attached hydrogens (primary N) is 1. The van der Waals surface area contributed by atoms with E-state index in [0.29, 0.717) is 23.0 Å². The highest BCUT2D eigenvalue weighted by atomic mass is 16.3. The number of hydrogen-bond acceptors (Lipinski definition) is 8. The number of hydrogen-bond donors (Lipinski definition) is 2. The maximum absolute atomic E-state index is 11.0. The molecule has 0 saturated heterocycles. The molecular formula is C17H16N8O. The van der Waals surface area contributed by atoms with Crippen molar-refractivity contribution in [2.24, 2.45) is 0 Å². The predicted molar refractivity (Wildman–Crippen MR) is 94.3 cm³/mol. The van der Waals surface area contributed by atoms with Crippen molar-refractivity contribution in [3.8, 4) is 5.95 Å². The Labute approximate surface area is 148 Å². The van der Waals surface area contributed by atoms with Gasteiger partial charge in [0.05, 0.1) is 22.9 Å². The molecule has 3 aromatic heterocycles. The summed E-state index contributed by atoms with van der Waals surface area (Å²) in [4.78, 5) is 25.0. The first-order valence-corrected chi connectivity index (χ1v) is 7.90. The van der Waals surface area contributed by atoms with Crippen LogP contribution in [0.5, 0.6) is 0 Å². The molecule has 0 fully saturated rings. The zero-order valence-electron chi connectivity index (χ0n) is 14.2. The second-order valence-electron chi connectivity index (χ2n) is 6.00. The summed E-state index contributed by atoms with van der Waals surface area (Å²) in [6.07, 6.45) is 6.00. The van der Waals surface area contributed by atoms with Crippen molar-refractivity contribution in [3.05, 3.63) is 60.2 Å². The molecule has 1 unspecified atom stereocenters. The lowest BCUT2D eigenvalue weighted by atomic mass is 9.92. The van der Waals surface area contributed by atoms with Crippen LogP contribution in [-0.2, 0) is 5.60 Å². The molecule has 0 bridgehead atoms. The van der Waals surface area contributed by atoms with Gasteiger partial charge >= 0.3 is 0 Å². The Hall–Kier alpha value is -3.46. The standard InChI is InChI=1S/C17H16N8O/c1-10-23-12-4-3-11(17(2,26)14-8-19-5-6-20-14)7-13(12)25(10)16-22-9-21-15(18)24-16/h3-9,26H,1-2H3,(H2,18,21,22,24). The quantitative estimate of drug-likeness (QED) is 0.564. The molecule has 1 atom stereocenters. The number of aromatic nitrogens is 7. The van der Waals surface area contributed by atoms with E-state index in [1.54, 1.807) is 30.1 Å². The largest absolute Gasteiger partial charge is 0.379 e. The number of aliphatic hydroxyl groups is 1. The molecule has 3 N–H and O–H groups in total. The van der Waals surface area contributed by atoms with E-state index in [1.807, 2.05) is 25.1 Å². The van der Waals surface area contributed by atoms with E-state index in [1.165, 1.54) is 6.33 Å². The van der Waals surface area contributed by atoms with Crippen LogP contribution in [0, 0.1) is 6.92 Å². The Bertz CT molecular complexity index is 1090. The number of nitrogens with zero attached hydrogens (tertiary/aromatic N) is 7. The summed E-state index contributed by atoms with van der Waals surface area (Å²) in [6, 6.07) is 5.49. The number of benzene rings is 1. The molecular weight excluding hydrogens is 332 g/mol. The zero-order valence-corrected chi connectivity index (χ0v) is 14.2. The van der Waals surface area contributed by atoms with Gasteiger partial charge in [-0.1, -0.05) is 6.07 Å². The third kappa shape index (κ3) is 2.54. The van der Waals surface area contributed by atoms with Crippen LogP contribution in [0.25, 0.3) is 17.0 Å². The van der Waals surface area contributed by atoms with Crippen molar-refractivity contribution in [1.29, 1.82) is 0 Å². The SMILES string of the molecule is Cc1nc2ccc(C(C)(O)c3cnccn3)cc2n1-c1ncnc(N)n1. The number of aryl methyl sites for hydroxylation is 1. The van der Waals surface area contributed by atoms with Crippen molar-refractivity contribution in [3.63, 3.8) is 0 Å². The Kier molecular flexibility index (Phi) is 3.58. The minimum Gasteiger partial charge on any atom is -0.379 e. The average molecular weight is 348 g/mol. The normalized spacial score (nSPS) is 13.7. The number of anilines is 1. The first kappa shape index (κ1) is 16.0. The lowest BCUT2D eigenvalue weighted by Crippen LogP contribution is -2.24. The Morgan fingerprint density at radius 3 is 2.69 bits per heavy atom. The van der Waals surface area contributed by atoms with Gasteiger partial charge in [-0.2, -0.15) is 4.98 Å². The summed E-state index contributed by atoms with van der Waals surface area (Å²) in [7, 11) is 0. The molecule has 4 rings (SSSR count). The number of nitrogen functional groups attached to an aromatic ring is 1. The van der Waals surface area contributed by atoms with Gasteiger partial charge in [0, 0.05) is 12.4 Å². The van der Waals surface area contributed by atoms with Gasteiger partial charge in [-0.3, -0.25) is 14.5 Å². The smallest absolute Gasteiger partial charge is 0.240 e. The molecule has 9 nitrogen and oxygen atoms in total. The van der Waals surface area contributed by atoms with E-state index in [-0.39, 0.29) is 5.95 Å². The summed E-state index contributed by atoms with van der Waals surface area (Å²) < 4.78 is 1.77. The van der Waals surface area contributed by atoms with Crippen LogP contribution < -0.4 is 5.73 Å². The number of rotatable bonds is 3. The second kappa shape index (κ2) is 5.81. The van der Waals surface area contributed by atoms with Gasteiger partial charge in [0.2, 0.25) is 11.9 Å². The maximum Gasteiger partial charge on any atom is 0.240 e. The number of imidazole rings is 1. The van der Waals surface area contributed by atoms with Crippen LogP contribution in [0.1, 0.15) is 24.0 Å².